The number of quaternary nitrogens is 6. The summed E-state index contributed by atoms with van der Waals surface area (Å²) in [6, 6.07) is 16.8. The minimum Gasteiger partial charge on any atom is -0.550 e. The Morgan fingerprint density at radius 3 is 1.57 bits per heavy atom. The van der Waals surface area contributed by atoms with Crippen molar-refractivity contribution in [3.63, 3.8) is 0 Å². The van der Waals surface area contributed by atoms with Gasteiger partial charge in [-0.05, 0) is 98.4 Å². The number of ketones is 5. The first-order chi connectivity index (χ1) is 53.4. The van der Waals surface area contributed by atoms with Gasteiger partial charge in [-0.3, -0.25) is 52.7 Å². The Labute approximate surface area is 654 Å². The Morgan fingerprint density at radius 2 is 1.04 bits per heavy atom. The summed E-state index contributed by atoms with van der Waals surface area (Å²) in [6.07, 6.45) is 8.09. The molecule has 112 heavy (non-hydrogen) atoms. The lowest BCUT2D eigenvalue weighted by atomic mass is 9.90. The molecule has 1 heterocycles. The molecular formula is C80H123N13O19+2. The van der Waals surface area contributed by atoms with Gasteiger partial charge in [0.25, 0.3) is 0 Å². The number of Topliss-reactive ketones (excluding diaryl/α,β-unsaturated/α-hetero) is 5. The summed E-state index contributed by atoms with van der Waals surface area (Å²) in [5.41, 5.74) is 11.7. The maximum atomic E-state index is 14.1. The van der Waals surface area contributed by atoms with Gasteiger partial charge in [0, 0.05) is 157 Å². The molecule has 4 rings (SSSR count). The highest BCUT2D eigenvalue weighted by atomic mass is 16.4. The number of H-pyrrole nitrogens is 1. The van der Waals surface area contributed by atoms with Gasteiger partial charge >= 0.3 is 0 Å². The quantitative estimate of drug-likeness (QED) is 0.0183. The van der Waals surface area contributed by atoms with Crippen LogP contribution in [0.15, 0.2) is 66.9 Å². The minimum atomic E-state index is -1.61. The van der Waals surface area contributed by atoms with Crippen LogP contribution in [0.1, 0.15) is 187 Å². The lowest BCUT2D eigenvalue weighted by Gasteiger charge is -2.22. The van der Waals surface area contributed by atoms with E-state index in [0.29, 0.717) is 57.5 Å². The van der Waals surface area contributed by atoms with Crippen molar-refractivity contribution in [2.45, 2.75) is 219 Å². The van der Waals surface area contributed by atoms with Gasteiger partial charge in [0.1, 0.15) is 31.0 Å². The molecule has 32 heteroatoms. The van der Waals surface area contributed by atoms with Crippen molar-refractivity contribution in [2.75, 3.05) is 70.8 Å². The number of unbranched alkanes of at least 4 members (excludes halogenated alkanes) is 2. The number of aryl methyl sites for hydroxylation is 1. The fourth-order valence-corrected chi connectivity index (χ4v) is 12.8. The molecule has 0 aliphatic carbocycles. The number of aromatic amines is 1. The second-order valence-electron chi connectivity index (χ2n) is 29.2. The van der Waals surface area contributed by atoms with Gasteiger partial charge in [-0.25, -0.2) is 0 Å². The van der Waals surface area contributed by atoms with E-state index in [2.05, 4.69) is 72.8 Å². The molecule has 4 aromatic rings. The lowest BCUT2D eigenvalue weighted by molar-refractivity contribution is -0.704. The summed E-state index contributed by atoms with van der Waals surface area (Å²) in [6.45, 7) is 11.9. The van der Waals surface area contributed by atoms with Crippen LogP contribution in [0.2, 0.25) is 0 Å². The molecule has 32 nitrogen and oxygen atoms in total. The number of carbonyl (C=O) groups is 15. The van der Waals surface area contributed by atoms with Gasteiger partial charge in [-0.2, -0.15) is 0 Å². The van der Waals surface area contributed by atoms with E-state index < -0.39 is 102 Å². The number of rotatable bonds is 61. The number of aliphatic carboxylic acids is 4. The van der Waals surface area contributed by atoms with E-state index in [9.17, 15) is 92.3 Å². The summed E-state index contributed by atoms with van der Waals surface area (Å²) in [4.78, 5) is 189. The monoisotopic (exact) mass is 1570 g/mol. The third-order valence-corrected chi connectivity index (χ3v) is 19.2. The molecule has 620 valence electrons. The van der Waals surface area contributed by atoms with Crippen molar-refractivity contribution in [1.29, 1.82) is 0 Å². The average Bonchev–Trinajstić information content (AvgIpc) is 1.61. The fraction of sp³-hybridized carbons (Fsp3) is 0.588. The zero-order valence-corrected chi connectivity index (χ0v) is 66.0. The molecule has 0 radical (unpaired) electrons. The SMILES string of the molecule is CCCC[C@H]([NH3+])C[NH2+]CC[C@H]([NH2+]CCCC(=O)CNC(C)=O)C(=O)C[C@H](CC(=O)Nc1ccc2ccccc2c1)C(=O)NCC[C@@H](NC(=O)CCCC(=O)[O-])C(=O)[O-].CCCC[C@H]([NH3+])C[NH2+]CC[C@H]([NH2+]CCCC(=O)CNC(C)=O)C(=O)C[C@H](Cc1c[nH]c2cc(C)ccc12)C(=O)NC[C@@H](CC(=O)CCCC(=O)[O-])C(=O)[O-]. The highest BCUT2D eigenvalue weighted by Gasteiger charge is 2.33. The van der Waals surface area contributed by atoms with Gasteiger partial charge in [-0.15, -0.1) is 0 Å². The zero-order valence-electron chi connectivity index (χ0n) is 66.0. The third kappa shape index (κ3) is 42.1. The van der Waals surface area contributed by atoms with Crippen LogP contribution in [0.5, 0.6) is 0 Å². The van der Waals surface area contributed by atoms with Crippen LogP contribution >= 0.6 is 0 Å². The highest BCUT2D eigenvalue weighted by Crippen LogP contribution is 2.25. The Morgan fingerprint density at radius 1 is 0.500 bits per heavy atom. The number of amides is 6. The molecule has 21 N–H and O–H groups in total. The maximum Gasteiger partial charge on any atom is 0.225 e. The third-order valence-electron chi connectivity index (χ3n) is 19.2. The Bertz CT molecular complexity index is 3720. The number of carbonyl (C=O) groups excluding carboxylic acids is 15. The van der Waals surface area contributed by atoms with Crippen molar-refractivity contribution >= 4 is 116 Å². The van der Waals surface area contributed by atoms with Crippen molar-refractivity contribution in [1.82, 2.24) is 31.6 Å². The fourth-order valence-electron chi connectivity index (χ4n) is 12.8. The first kappa shape index (κ1) is 96.5. The van der Waals surface area contributed by atoms with Gasteiger partial charge < -0.3 is 109 Å². The van der Waals surface area contributed by atoms with E-state index in [1.54, 1.807) is 18.3 Å². The van der Waals surface area contributed by atoms with Crippen molar-refractivity contribution in [3.05, 3.63) is 78.0 Å². The van der Waals surface area contributed by atoms with Gasteiger partial charge in [0.15, 0.2) is 35.2 Å². The number of nitrogens with one attached hydrogen (secondary N) is 7. The molecule has 0 aliphatic heterocycles. The summed E-state index contributed by atoms with van der Waals surface area (Å²) in [5.74, 6) is -13.3. The molecule has 8 atom stereocenters. The standard InChI is InChI=1S/C41H61N7O10.C39H60N6O9/c1-3-4-11-31(42)25-43-20-17-34(44-19-8-12-33(50)26-46-27(2)49)36(51)23-30(24-38(53)47-32-16-15-28-9-5-6-10-29(28)22-32)40(56)45-21-18-35(41(57)58)48-37(52)13-7-14-39(54)55;1-4-5-8-30(40)23-41-16-14-34(42-15-7-10-32(48)24-43-26(3)46)36(49)20-27(18-28-21-44-35-17-25(2)12-13-33(28)35)38(52)45-22-29(39(53)54)19-31(47)9-6-11-37(50)51/h5-6,9-10,15-16,22,30-31,34-35,43-44H,3-4,7-8,11-14,17-21,23-26,42H2,1-2H3,(H,45,56)(H,46,49)(H,47,53)(H,48,52)(H,54,55)(H,57,58);12-13,17,21,27,29-30,34,41-42,44H,4-11,14-16,18-20,22-24,40H2,1-3H3,(H,43,46)(H,45,52)(H,50,51)(H,53,54)/p+2/t30-,31+,34+,35-;27-,29+,30-,34-/m10/s1. The molecule has 0 spiro atoms. The highest BCUT2D eigenvalue weighted by molar-refractivity contribution is 5.98. The van der Waals surface area contributed by atoms with E-state index in [4.69, 9.17) is 0 Å². The number of fused-ring (bicyclic) bond motifs is 2. The summed E-state index contributed by atoms with van der Waals surface area (Å²) in [7, 11) is 0. The number of benzene rings is 3. The molecule has 0 saturated heterocycles. The second-order valence-corrected chi connectivity index (χ2v) is 29.2. The number of carboxylic acid groups (broad SMARTS) is 4. The van der Waals surface area contributed by atoms with Gasteiger partial charge in [0.2, 0.25) is 35.4 Å². The molecule has 0 bridgehead atoms. The summed E-state index contributed by atoms with van der Waals surface area (Å²) < 4.78 is 0. The lowest BCUT2D eigenvalue weighted by Crippen LogP contribution is -2.95. The van der Waals surface area contributed by atoms with Gasteiger partial charge in [-0.1, -0.05) is 69.2 Å². The van der Waals surface area contributed by atoms with Gasteiger partial charge in [0.05, 0.1) is 70.0 Å². The molecule has 0 saturated carbocycles. The number of aromatic nitrogens is 1. The predicted molar refractivity (Wildman–Crippen MR) is 406 cm³/mol. The molecular weight excluding hydrogens is 1450 g/mol. The van der Waals surface area contributed by atoms with E-state index in [1.807, 2.05) is 66.1 Å². The second kappa shape index (κ2) is 54.8. The van der Waals surface area contributed by atoms with Crippen LogP contribution in [0.4, 0.5) is 5.69 Å². The van der Waals surface area contributed by atoms with Crippen LogP contribution in [0.25, 0.3) is 21.7 Å². The van der Waals surface area contributed by atoms with E-state index >= 15 is 0 Å². The molecule has 0 unspecified atom stereocenters. The van der Waals surface area contributed by atoms with E-state index in [0.717, 1.165) is 84.4 Å². The number of hydrogen-bond donors (Lipinski definition) is 13. The average molecular weight is 1570 g/mol. The van der Waals surface area contributed by atoms with Crippen LogP contribution in [-0.2, 0) is 78.3 Å². The largest absolute Gasteiger partial charge is 0.550 e. The molecule has 1 aromatic heterocycles. The van der Waals surface area contributed by atoms with E-state index in [-0.39, 0.29) is 150 Å². The van der Waals surface area contributed by atoms with Crippen LogP contribution in [0.3, 0.4) is 0 Å². The Kier molecular flexibility index (Phi) is 47.2. The molecule has 3 aromatic carbocycles. The molecule has 0 aliphatic rings. The van der Waals surface area contributed by atoms with Crippen molar-refractivity contribution in [2.24, 2.45) is 17.8 Å². The van der Waals surface area contributed by atoms with E-state index in [1.165, 1.54) is 13.8 Å². The maximum absolute atomic E-state index is 14.1. The number of hydrogen-bond acceptors (Lipinski definition) is 19. The first-order valence-corrected chi connectivity index (χ1v) is 39.4. The topological polar surface area (TPSA) is 558 Å². The van der Waals surface area contributed by atoms with Crippen LogP contribution in [-0.4, -0.2) is 189 Å². The normalized spacial score (nSPS) is 13.3. The summed E-state index contributed by atoms with van der Waals surface area (Å²) in [5, 5.41) is 71.1. The number of carboxylic acids is 4. The van der Waals surface area contributed by atoms with Crippen LogP contribution in [0, 0.1) is 24.7 Å². The number of anilines is 1. The van der Waals surface area contributed by atoms with Crippen LogP contribution < -0.4 is 85.1 Å². The Hall–Kier alpha value is -9.73. The Balaban J connectivity index is 0.000000582. The summed E-state index contributed by atoms with van der Waals surface area (Å²) >= 11 is 0. The number of nitrogens with two attached hydrogens (primary N) is 4. The van der Waals surface area contributed by atoms with Crippen molar-refractivity contribution < 1.29 is 125 Å². The molecule has 0 fully saturated rings. The smallest absolute Gasteiger partial charge is 0.225 e. The zero-order chi connectivity index (χ0) is 82.9. The predicted octanol–water partition coefficient (Wildman–Crippen LogP) is -6.30. The first-order valence-electron chi connectivity index (χ1n) is 39.4. The van der Waals surface area contributed by atoms with Crippen molar-refractivity contribution in [3.8, 4) is 0 Å². The molecule has 6 amide bonds. The minimum absolute atomic E-state index is 0.0136.